The summed E-state index contributed by atoms with van der Waals surface area (Å²) in [6.07, 6.45) is 2.67. The standard InChI is InChI=1S/C18H27NO2/c1-5-16(18(20)19-10-6-7-14(3)12-19)21-17-11-13(2)8-9-15(17)4/h8-9,11,14,16H,5-7,10,12H2,1-4H3/t14-,16-/m1/s1. The van der Waals surface area contributed by atoms with E-state index < -0.39 is 0 Å². The molecule has 1 heterocycles. The molecule has 1 saturated heterocycles. The minimum Gasteiger partial charge on any atom is -0.480 e. The van der Waals surface area contributed by atoms with E-state index in [-0.39, 0.29) is 12.0 Å². The molecule has 0 radical (unpaired) electrons. The van der Waals surface area contributed by atoms with E-state index in [0.717, 1.165) is 36.4 Å². The van der Waals surface area contributed by atoms with Crippen molar-refractivity contribution < 1.29 is 9.53 Å². The molecule has 116 valence electrons. The summed E-state index contributed by atoms with van der Waals surface area (Å²) >= 11 is 0. The lowest BCUT2D eigenvalue weighted by Crippen LogP contribution is -2.46. The minimum atomic E-state index is -0.365. The zero-order valence-electron chi connectivity index (χ0n) is 13.7. The number of aryl methyl sites for hydroxylation is 2. The largest absolute Gasteiger partial charge is 0.480 e. The molecule has 2 rings (SSSR count). The van der Waals surface area contributed by atoms with Crippen LogP contribution in [0.2, 0.25) is 0 Å². The molecule has 0 saturated carbocycles. The summed E-state index contributed by atoms with van der Waals surface area (Å²) in [5, 5.41) is 0. The molecule has 1 aromatic rings. The first-order valence-corrected chi connectivity index (χ1v) is 8.04. The Bertz CT molecular complexity index is 498. The Kier molecular flexibility index (Phi) is 5.27. The maximum absolute atomic E-state index is 12.7. The predicted molar refractivity (Wildman–Crippen MR) is 85.6 cm³/mol. The summed E-state index contributed by atoms with van der Waals surface area (Å²) in [5.74, 6) is 1.58. The van der Waals surface area contributed by atoms with Gasteiger partial charge in [-0.25, -0.2) is 0 Å². The van der Waals surface area contributed by atoms with Crippen LogP contribution in [0.4, 0.5) is 0 Å². The van der Waals surface area contributed by atoms with Crippen LogP contribution in [0.1, 0.15) is 44.2 Å². The van der Waals surface area contributed by atoms with E-state index in [2.05, 4.69) is 13.0 Å². The number of piperidine rings is 1. The lowest BCUT2D eigenvalue weighted by atomic mass is 9.99. The van der Waals surface area contributed by atoms with Crippen LogP contribution in [0.15, 0.2) is 18.2 Å². The molecule has 2 atom stereocenters. The molecule has 0 bridgehead atoms. The summed E-state index contributed by atoms with van der Waals surface area (Å²) in [7, 11) is 0. The summed E-state index contributed by atoms with van der Waals surface area (Å²) < 4.78 is 6.03. The topological polar surface area (TPSA) is 29.5 Å². The second kappa shape index (κ2) is 6.97. The van der Waals surface area contributed by atoms with E-state index in [1.807, 2.05) is 37.8 Å². The number of carbonyl (C=O) groups excluding carboxylic acids is 1. The quantitative estimate of drug-likeness (QED) is 0.845. The van der Waals surface area contributed by atoms with E-state index in [1.165, 1.54) is 6.42 Å². The Morgan fingerprint density at radius 1 is 1.43 bits per heavy atom. The number of carbonyl (C=O) groups is 1. The zero-order chi connectivity index (χ0) is 15.4. The molecule has 0 unspecified atom stereocenters. The van der Waals surface area contributed by atoms with Gasteiger partial charge in [0.15, 0.2) is 6.10 Å². The van der Waals surface area contributed by atoms with Crippen molar-refractivity contribution in [2.75, 3.05) is 13.1 Å². The van der Waals surface area contributed by atoms with Crippen molar-refractivity contribution in [3.8, 4) is 5.75 Å². The Morgan fingerprint density at radius 3 is 2.86 bits per heavy atom. The van der Waals surface area contributed by atoms with Crippen molar-refractivity contribution in [1.82, 2.24) is 4.90 Å². The number of nitrogens with zero attached hydrogens (tertiary/aromatic N) is 1. The third-order valence-electron chi connectivity index (χ3n) is 4.23. The Hall–Kier alpha value is -1.51. The first-order chi connectivity index (χ1) is 10.0. The number of rotatable bonds is 4. The van der Waals surface area contributed by atoms with Crippen LogP contribution in [-0.4, -0.2) is 30.0 Å². The van der Waals surface area contributed by atoms with Gasteiger partial charge in [0.2, 0.25) is 0 Å². The lowest BCUT2D eigenvalue weighted by Gasteiger charge is -2.33. The average molecular weight is 289 g/mol. The SMILES string of the molecule is CC[C@@H](Oc1cc(C)ccc1C)C(=O)N1CCC[C@@H](C)C1. The molecule has 3 nitrogen and oxygen atoms in total. The molecule has 1 aliphatic heterocycles. The highest BCUT2D eigenvalue weighted by Crippen LogP contribution is 2.23. The summed E-state index contributed by atoms with van der Waals surface area (Å²) in [5.41, 5.74) is 2.24. The Labute approximate surface area is 128 Å². The van der Waals surface area contributed by atoms with Crippen molar-refractivity contribution in [2.45, 2.75) is 53.1 Å². The fourth-order valence-corrected chi connectivity index (χ4v) is 2.89. The van der Waals surface area contributed by atoms with Crippen LogP contribution in [-0.2, 0) is 4.79 Å². The monoisotopic (exact) mass is 289 g/mol. The van der Waals surface area contributed by atoms with Crippen LogP contribution >= 0.6 is 0 Å². The first-order valence-electron chi connectivity index (χ1n) is 8.04. The Balaban J connectivity index is 2.08. The van der Waals surface area contributed by atoms with E-state index >= 15 is 0 Å². The predicted octanol–water partition coefficient (Wildman–Crippen LogP) is 3.72. The normalized spacial score (nSPS) is 20.2. The number of hydrogen-bond acceptors (Lipinski definition) is 2. The Morgan fingerprint density at radius 2 is 2.19 bits per heavy atom. The molecule has 1 aromatic carbocycles. The van der Waals surface area contributed by atoms with Crippen LogP contribution in [0, 0.1) is 19.8 Å². The molecule has 1 fully saturated rings. The molecule has 3 heteroatoms. The molecule has 0 spiro atoms. The molecule has 21 heavy (non-hydrogen) atoms. The van der Waals surface area contributed by atoms with E-state index in [4.69, 9.17) is 4.74 Å². The number of amides is 1. The molecule has 0 aromatic heterocycles. The number of benzene rings is 1. The summed E-state index contributed by atoms with van der Waals surface area (Å²) in [6, 6.07) is 6.13. The van der Waals surface area contributed by atoms with Gasteiger partial charge >= 0.3 is 0 Å². The minimum absolute atomic E-state index is 0.143. The van der Waals surface area contributed by atoms with Gasteiger partial charge in [-0.1, -0.05) is 26.0 Å². The third kappa shape index (κ3) is 3.99. The van der Waals surface area contributed by atoms with Crippen molar-refractivity contribution in [3.63, 3.8) is 0 Å². The maximum atomic E-state index is 12.7. The second-order valence-electron chi connectivity index (χ2n) is 6.32. The van der Waals surface area contributed by atoms with Crippen molar-refractivity contribution in [3.05, 3.63) is 29.3 Å². The second-order valence-corrected chi connectivity index (χ2v) is 6.32. The number of likely N-dealkylation sites (tertiary alicyclic amines) is 1. The maximum Gasteiger partial charge on any atom is 0.263 e. The van der Waals surface area contributed by atoms with Gasteiger partial charge < -0.3 is 9.64 Å². The van der Waals surface area contributed by atoms with Crippen molar-refractivity contribution in [1.29, 1.82) is 0 Å². The van der Waals surface area contributed by atoms with Crippen LogP contribution in [0.3, 0.4) is 0 Å². The van der Waals surface area contributed by atoms with Gasteiger partial charge in [0.1, 0.15) is 5.75 Å². The van der Waals surface area contributed by atoms with Crippen molar-refractivity contribution >= 4 is 5.91 Å². The highest BCUT2D eigenvalue weighted by Gasteiger charge is 2.28. The fourth-order valence-electron chi connectivity index (χ4n) is 2.89. The van der Waals surface area contributed by atoms with E-state index in [0.29, 0.717) is 12.3 Å². The summed E-state index contributed by atoms with van der Waals surface area (Å²) in [4.78, 5) is 14.7. The molecular formula is C18H27NO2. The van der Waals surface area contributed by atoms with E-state index in [1.54, 1.807) is 0 Å². The van der Waals surface area contributed by atoms with Crippen LogP contribution < -0.4 is 4.74 Å². The van der Waals surface area contributed by atoms with Crippen molar-refractivity contribution in [2.24, 2.45) is 5.92 Å². The van der Waals surface area contributed by atoms with Gasteiger partial charge in [0.25, 0.3) is 5.91 Å². The summed E-state index contributed by atoms with van der Waals surface area (Å²) in [6.45, 7) is 10.0. The molecule has 0 aliphatic carbocycles. The van der Waals surface area contributed by atoms with Gasteiger partial charge in [-0.2, -0.15) is 0 Å². The smallest absolute Gasteiger partial charge is 0.263 e. The average Bonchev–Trinajstić information content (AvgIpc) is 2.47. The molecule has 1 aliphatic rings. The zero-order valence-corrected chi connectivity index (χ0v) is 13.7. The molecule has 0 N–H and O–H groups in total. The van der Waals surface area contributed by atoms with Crippen LogP contribution in [0.5, 0.6) is 5.75 Å². The van der Waals surface area contributed by atoms with Gasteiger partial charge in [-0.15, -0.1) is 0 Å². The van der Waals surface area contributed by atoms with Gasteiger partial charge in [0, 0.05) is 13.1 Å². The highest BCUT2D eigenvalue weighted by molar-refractivity contribution is 5.81. The molecular weight excluding hydrogens is 262 g/mol. The van der Waals surface area contributed by atoms with Gasteiger partial charge in [0.05, 0.1) is 0 Å². The van der Waals surface area contributed by atoms with Gasteiger partial charge in [-0.05, 0) is 56.2 Å². The number of ether oxygens (including phenoxy) is 1. The van der Waals surface area contributed by atoms with Crippen LogP contribution in [0.25, 0.3) is 0 Å². The highest BCUT2D eigenvalue weighted by atomic mass is 16.5. The van der Waals surface area contributed by atoms with Gasteiger partial charge in [-0.3, -0.25) is 4.79 Å². The third-order valence-corrected chi connectivity index (χ3v) is 4.23. The number of hydrogen-bond donors (Lipinski definition) is 0. The first kappa shape index (κ1) is 15.9. The fraction of sp³-hybridized carbons (Fsp3) is 0.611. The molecule has 1 amide bonds. The lowest BCUT2D eigenvalue weighted by molar-refractivity contribution is -0.140. The van der Waals surface area contributed by atoms with E-state index in [9.17, 15) is 4.79 Å².